The van der Waals surface area contributed by atoms with Crippen LogP contribution in [0.25, 0.3) is 6.08 Å². The number of hydrogen-bond donors (Lipinski definition) is 2. The van der Waals surface area contributed by atoms with Crippen molar-refractivity contribution in [3.63, 3.8) is 0 Å². The summed E-state index contributed by atoms with van der Waals surface area (Å²) in [6.07, 6.45) is 1.82. The van der Waals surface area contributed by atoms with E-state index in [9.17, 15) is 9.59 Å². The fraction of sp³-hybridized carbons (Fsp3) is 0.0417. The lowest BCUT2D eigenvalue weighted by Gasteiger charge is -2.09. The number of thioether (sulfide) groups is 1. The van der Waals surface area contributed by atoms with Crippen molar-refractivity contribution in [1.82, 2.24) is 5.32 Å². The maximum atomic E-state index is 12.4. The summed E-state index contributed by atoms with van der Waals surface area (Å²) in [7, 11) is 0. The molecule has 0 aromatic heterocycles. The van der Waals surface area contributed by atoms with Crippen molar-refractivity contribution in [3.8, 4) is 5.75 Å². The number of carbonyl (C=O) groups excluding carboxylic acids is 1. The molecular weight excluding hydrogens is 619 g/mol. The smallest absolute Gasteiger partial charge is 0.335 e. The van der Waals surface area contributed by atoms with Gasteiger partial charge in [0.25, 0.3) is 5.91 Å². The Kier molecular flexibility index (Phi) is 7.51. The zero-order valence-electron chi connectivity index (χ0n) is 16.9. The normalized spacial score (nSPS) is 15.6. The first-order valence-corrected chi connectivity index (χ1v) is 12.4. The maximum absolute atomic E-state index is 12.4. The first kappa shape index (κ1) is 23.5. The number of carboxylic acids is 1. The molecule has 6 nitrogen and oxygen atoms in total. The van der Waals surface area contributed by atoms with Gasteiger partial charge in [0, 0.05) is 4.47 Å². The molecule has 1 heterocycles. The van der Waals surface area contributed by atoms with Crippen molar-refractivity contribution in [1.29, 1.82) is 0 Å². The molecule has 3 aromatic carbocycles. The molecule has 9 heteroatoms. The number of aliphatic imine (C=N–C) groups is 1. The molecule has 0 saturated carbocycles. The Labute approximate surface area is 216 Å². The van der Waals surface area contributed by atoms with E-state index in [1.165, 1.54) is 11.8 Å². The minimum atomic E-state index is -0.956. The molecule has 0 bridgehead atoms. The second kappa shape index (κ2) is 10.5. The summed E-state index contributed by atoms with van der Waals surface area (Å²) < 4.78 is 7.74. The highest BCUT2D eigenvalue weighted by Crippen LogP contribution is 2.30. The van der Waals surface area contributed by atoms with Crippen molar-refractivity contribution >= 4 is 79.1 Å². The van der Waals surface area contributed by atoms with Crippen LogP contribution in [0.2, 0.25) is 0 Å². The van der Waals surface area contributed by atoms with Crippen LogP contribution < -0.4 is 10.1 Å². The Morgan fingerprint density at radius 1 is 1.12 bits per heavy atom. The Morgan fingerprint density at radius 2 is 1.85 bits per heavy atom. The van der Waals surface area contributed by atoms with Crippen LogP contribution in [0.1, 0.15) is 21.5 Å². The number of nitrogens with zero attached hydrogens (tertiary/aromatic N) is 1. The van der Waals surface area contributed by atoms with Gasteiger partial charge in [0.1, 0.15) is 12.4 Å². The van der Waals surface area contributed by atoms with Crippen LogP contribution in [0, 0.1) is 3.57 Å². The summed E-state index contributed by atoms with van der Waals surface area (Å²) in [6, 6.07) is 19.8. The summed E-state index contributed by atoms with van der Waals surface area (Å²) in [5.41, 5.74) is 2.75. The molecule has 3 aromatic rings. The monoisotopic (exact) mass is 634 g/mol. The largest absolute Gasteiger partial charge is 0.488 e. The van der Waals surface area contributed by atoms with E-state index < -0.39 is 5.97 Å². The van der Waals surface area contributed by atoms with E-state index >= 15 is 0 Å². The van der Waals surface area contributed by atoms with Crippen LogP contribution in [-0.4, -0.2) is 22.2 Å². The van der Waals surface area contributed by atoms with Gasteiger partial charge in [-0.2, -0.15) is 0 Å². The van der Waals surface area contributed by atoms with E-state index in [-0.39, 0.29) is 11.5 Å². The Hall–Kier alpha value is -2.63. The maximum Gasteiger partial charge on any atom is 0.335 e. The molecule has 1 saturated heterocycles. The number of hydrogen-bond acceptors (Lipinski definition) is 5. The molecule has 33 heavy (non-hydrogen) atoms. The zero-order chi connectivity index (χ0) is 23.4. The molecule has 0 atom stereocenters. The third kappa shape index (κ3) is 6.24. The van der Waals surface area contributed by atoms with Crippen LogP contribution in [-0.2, 0) is 11.4 Å². The molecule has 4 rings (SSSR count). The molecule has 1 amide bonds. The molecule has 0 unspecified atom stereocenters. The Balaban J connectivity index is 1.42. The second-order valence-electron chi connectivity index (χ2n) is 6.94. The zero-order valence-corrected chi connectivity index (χ0v) is 21.5. The van der Waals surface area contributed by atoms with Gasteiger partial charge in [0.2, 0.25) is 0 Å². The van der Waals surface area contributed by atoms with Gasteiger partial charge < -0.3 is 15.2 Å². The first-order chi connectivity index (χ1) is 15.9. The highest BCUT2D eigenvalue weighted by molar-refractivity contribution is 14.1. The van der Waals surface area contributed by atoms with E-state index in [0.29, 0.717) is 22.4 Å². The predicted octanol–water partition coefficient (Wildman–Crippen LogP) is 6.22. The van der Waals surface area contributed by atoms with Crippen LogP contribution in [0.5, 0.6) is 5.75 Å². The van der Waals surface area contributed by atoms with Crippen molar-refractivity contribution in [2.24, 2.45) is 4.99 Å². The highest BCUT2D eigenvalue weighted by Gasteiger charge is 2.23. The molecule has 166 valence electrons. The topological polar surface area (TPSA) is 88.0 Å². The Bertz CT molecular complexity index is 1270. The standard InChI is InChI=1S/C24H16BrIN2O4S/c25-17-6-8-18(9-7-17)27-24-28-22(29)21(33-24)12-15-3-10-20(19(26)11-15)32-13-14-1-4-16(5-2-14)23(30)31/h1-12H,13H2,(H,30,31)(H,27,28,29)/b21-12-. The lowest BCUT2D eigenvalue weighted by Crippen LogP contribution is -2.19. The number of halogens is 2. The quantitative estimate of drug-likeness (QED) is 0.248. The van der Waals surface area contributed by atoms with Gasteiger partial charge in [-0.1, -0.05) is 34.1 Å². The van der Waals surface area contributed by atoms with E-state index in [2.05, 4.69) is 48.8 Å². The molecule has 1 aliphatic rings. The van der Waals surface area contributed by atoms with Crippen LogP contribution in [0.3, 0.4) is 0 Å². The van der Waals surface area contributed by atoms with Gasteiger partial charge in [-0.25, -0.2) is 9.79 Å². The second-order valence-corrected chi connectivity index (χ2v) is 10.0. The summed E-state index contributed by atoms with van der Waals surface area (Å²) in [4.78, 5) is 28.3. The van der Waals surface area contributed by atoms with Gasteiger partial charge in [-0.05, 0) is 100 Å². The molecule has 0 radical (unpaired) electrons. The Morgan fingerprint density at radius 3 is 2.52 bits per heavy atom. The number of aromatic carboxylic acids is 1. The summed E-state index contributed by atoms with van der Waals surface area (Å²) in [5.74, 6) is -0.431. The minimum absolute atomic E-state index is 0.184. The fourth-order valence-corrected chi connectivity index (χ4v) is 4.69. The average Bonchev–Trinajstić information content (AvgIpc) is 3.13. The predicted molar refractivity (Wildman–Crippen MR) is 142 cm³/mol. The fourth-order valence-electron chi connectivity index (χ4n) is 2.89. The average molecular weight is 635 g/mol. The molecule has 1 fully saturated rings. The molecule has 0 spiro atoms. The SMILES string of the molecule is O=C1NC(=Nc2ccc(Br)cc2)S/C1=C\c1ccc(OCc2ccc(C(=O)O)cc2)c(I)c1. The van der Waals surface area contributed by atoms with Crippen LogP contribution in [0.4, 0.5) is 5.69 Å². The van der Waals surface area contributed by atoms with Crippen molar-refractivity contribution in [3.05, 3.63) is 96.4 Å². The van der Waals surface area contributed by atoms with Crippen LogP contribution >= 0.6 is 50.3 Å². The number of carbonyl (C=O) groups is 2. The third-order valence-electron chi connectivity index (χ3n) is 4.56. The van der Waals surface area contributed by atoms with Crippen molar-refractivity contribution in [2.75, 3.05) is 0 Å². The number of nitrogens with one attached hydrogen (secondary N) is 1. The van der Waals surface area contributed by atoms with Gasteiger partial charge in [-0.15, -0.1) is 0 Å². The van der Waals surface area contributed by atoms with Gasteiger partial charge in [0.05, 0.1) is 19.7 Å². The molecule has 0 aliphatic carbocycles. The van der Waals surface area contributed by atoms with Gasteiger partial charge in [-0.3, -0.25) is 4.79 Å². The number of amides is 1. The van der Waals surface area contributed by atoms with E-state index in [4.69, 9.17) is 9.84 Å². The minimum Gasteiger partial charge on any atom is -0.488 e. The number of benzene rings is 3. The van der Waals surface area contributed by atoms with E-state index in [1.54, 1.807) is 24.3 Å². The van der Waals surface area contributed by atoms with Gasteiger partial charge >= 0.3 is 5.97 Å². The molecule has 2 N–H and O–H groups in total. The highest BCUT2D eigenvalue weighted by atomic mass is 127. The van der Waals surface area contributed by atoms with Crippen molar-refractivity contribution in [2.45, 2.75) is 6.61 Å². The number of carboxylic acid groups (broad SMARTS) is 1. The molecule has 1 aliphatic heterocycles. The lowest BCUT2D eigenvalue weighted by atomic mass is 10.1. The number of rotatable bonds is 6. The summed E-state index contributed by atoms with van der Waals surface area (Å²) >= 11 is 6.88. The summed E-state index contributed by atoms with van der Waals surface area (Å²) in [6.45, 7) is 0.324. The first-order valence-electron chi connectivity index (χ1n) is 9.67. The van der Waals surface area contributed by atoms with E-state index in [0.717, 1.165) is 24.9 Å². The lowest BCUT2D eigenvalue weighted by molar-refractivity contribution is -0.115. The summed E-state index contributed by atoms with van der Waals surface area (Å²) in [5, 5.41) is 12.3. The number of amidine groups is 1. The number of ether oxygens (including phenoxy) is 1. The van der Waals surface area contributed by atoms with Gasteiger partial charge in [0.15, 0.2) is 5.17 Å². The third-order valence-corrected chi connectivity index (χ3v) is 6.84. The van der Waals surface area contributed by atoms with E-state index in [1.807, 2.05) is 48.5 Å². The van der Waals surface area contributed by atoms with Crippen LogP contribution in [0.15, 0.2) is 81.1 Å². The molecular formula is C24H16BrIN2O4S. The van der Waals surface area contributed by atoms with Crippen molar-refractivity contribution < 1.29 is 19.4 Å².